The van der Waals surface area contributed by atoms with Gasteiger partial charge >= 0.3 is 0 Å². The van der Waals surface area contributed by atoms with Crippen LogP contribution in [0.1, 0.15) is 10.4 Å². The zero-order valence-corrected chi connectivity index (χ0v) is 13.8. The van der Waals surface area contributed by atoms with Crippen molar-refractivity contribution in [2.45, 2.75) is 5.38 Å². The molecule has 0 amide bonds. The summed E-state index contributed by atoms with van der Waals surface area (Å²) in [5.74, 6) is -0.0496. The first kappa shape index (κ1) is 17.2. The molecule has 1 aromatic rings. The van der Waals surface area contributed by atoms with Crippen molar-refractivity contribution < 1.29 is 33.3 Å². The van der Waals surface area contributed by atoms with Gasteiger partial charge in [-0.25, -0.2) is 0 Å². The highest BCUT2D eigenvalue weighted by atomic mass is 127. The quantitative estimate of drug-likeness (QED) is 0.304. The van der Waals surface area contributed by atoms with Crippen LogP contribution < -0.4 is 24.0 Å². The van der Waals surface area contributed by atoms with Gasteiger partial charge in [0.1, 0.15) is 11.9 Å². The van der Waals surface area contributed by atoms with Crippen LogP contribution in [-0.2, 0) is 0 Å². The lowest BCUT2D eigenvalue weighted by Crippen LogP contribution is -3.00. The SMILES string of the molecule is C[N+](C)(C)CC(Cl)C(=O)c1ccc(Cl)cc1.[I-]. The average molecular weight is 388 g/mol. The molecule has 0 heterocycles. The molecular weight excluding hydrogens is 372 g/mol. The molecule has 0 radical (unpaired) electrons. The minimum absolute atomic E-state index is 0. The van der Waals surface area contributed by atoms with Crippen molar-refractivity contribution in [3.63, 3.8) is 0 Å². The number of halogens is 3. The Bertz CT molecular complexity index is 373. The largest absolute Gasteiger partial charge is 1.00 e. The van der Waals surface area contributed by atoms with Crippen LogP contribution in [0.15, 0.2) is 24.3 Å². The molecular formula is C12H16Cl2INO. The molecule has 0 fully saturated rings. The van der Waals surface area contributed by atoms with E-state index in [-0.39, 0.29) is 29.8 Å². The van der Waals surface area contributed by atoms with Crippen LogP contribution in [0.25, 0.3) is 0 Å². The van der Waals surface area contributed by atoms with E-state index in [1.54, 1.807) is 24.3 Å². The predicted molar refractivity (Wildman–Crippen MR) is 68.3 cm³/mol. The van der Waals surface area contributed by atoms with E-state index in [0.29, 0.717) is 21.6 Å². The van der Waals surface area contributed by atoms with Gasteiger partial charge in [0, 0.05) is 10.6 Å². The Morgan fingerprint density at radius 3 is 2.12 bits per heavy atom. The highest BCUT2D eigenvalue weighted by Crippen LogP contribution is 2.14. The predicted octanol–water partition coefficient (Wildman–Crippen LogP) is -0.160. The number of quaternary nitrogens is 1. The molecule has 1 atom stereocenters. The van der Waals surface area contributed by atoms with Crippen molar-refractivity contribution >= 4 is 29.0 Å². The van der Waals surface area contributed by atoms with E-state index in [1.165, 1.54) is 0 Å². The van der Waals surface area contributed by atoms with Crippen LogP contribution in [-0.4, -0.2) is 43.3 Å². The average Bonchev–Trinajstić information content (AvgIpc) is 2.15. The lowest BCUT2D eigenvalue weighted by molar-refractivity contribution is -0.869. The van der Waals surface area contributed by atoms with Crippen molar-refractivity contribution in [1.29, 1.82) is 0 Å². The van der Waals surface area contributed by atoms with E-state index in [2.05, 4.69) is 0 Å². The molecule has 1 aromatic carbocycles. The summed E-state index contributed by atoms with van der Waals surface area (Å²) >= 11 is 11.8. The molecule has 96 valence electrons. The third-order valence-electron chi connectivity index (χ3n) is 2.12. The third-order valence-corrected chi connectivity index (χ3v) is 2.71. The third kappa shape index (κ3) is 6.04. The van der Waals surface area contributed by atoms with Gasteiger partial charge in [0.15, 0.2) is 5.78 Å². The summed E-state index contributed by atoms with van der Waals surface area (Å²) in [6.45, 7) is 0.600. The molecule has 2 nitrogen and oxygen atoms in total. The van der Waals surface area contributed by atoms with Gasteiger partial charge < -0.3 is 28.5 Å². The Labute approximate surface area is 130 Å². The molecule has 17 heavy (non-hydrogen) atoms. The summed E-state index contributed by atoms with van der Waals surface area (Å²) in [5.41, 5.74) is 0.609. The Kier molecular flexibility index (Phi) is 6.99. The van der Waals surface area contributed by atoms with E-state index in [0.717, 1.165) is 0 Å². The van der Waals surface area contributed by atoms with Crippen molar-refractivity contribution in [2.24, 2.45) is 0 Å². The van der Waals surface area contributed by atoms with Gasteiger partial charge in [-0.15, -0.1) is 11.6 Å². The molecule has 5 heteroatoms. The Balaban J connectivity index is 0.00000256. The molecule has 1 rings (SSSR count). The Hall–Kier alpha value is 0.160. The summed E-state index contributed by atoms with van der Waals surface area (Å²) in [7, 11) is 6.01. The van der Waals surface area contributed by atoms with E-state index in [9.17, 15) is 4.79 Å². The number of nitrogens with zero attached hydrogens (tertiary/aromatic N) is 1. The van der Waals surface area contributed by atoms with E-state index in [1.807, 2.05) is 21.1 Å². The topological polar surface area (TPSA) is 17.1 Å². The molecule has 0 bridgehead atoms. The molecule has 0 N–H and O–H groups in total. The van der Waals surface area contributed by atoms with Gasteiger partial charge in [-0.3, -0.25) is 4.79 Å². The zero-order chi connectivity index (χ0) is 12.3. The molecule has 0 spiro atoms. The molecule has 0 aliphatic carbocycles. The normalized spacial score (nSPS) is 12.8. The fourth-order valence-electron chi connectivity index (χ4n) is 1.36. The van der Waals surface area contributed by atoms with Gasteiger partial charge in [-0.1, -0.05) is 11.6 Å². The van der Waals surface area contributed by atoms with Gasteiger partial charge in [0.2, 0.25) is 0 Å². The van der Waals surface area contributed by atoms with E-state index >= 15 is 0 Å². The van der Waals surface area contributed by atoms with Crippen LogP contribution in [0.4, 0.5) is 0 Å². The second-order valence-corrected chi connectivity index (χ2v) is 5.77. The first-order valence-corrected chi connectivity index (χ1v) is 5.85. The van der Waals surface area contributed by atoms with Crippen molar-refractivity contribution in [2.75, 3.05) is 27.7 Å². The summed E-state index contributed by atoms with van der Waals surface area (Å²) in [4.78, 5) is 11.9. The molecule has 0 aromatic heterocycles. The van der Waals surface area contributed by atoms with E-state index < -0.39 is 5.38 Å². The highest BCUT2D eigenvalue weighted by molar-refractivity contribution is 6.34. The maximum atomic E-state index is 11.9. The van der Waals surface area contributed by atoms with Gasteiger partial charge in [0.25, 0.3) is 0 Å². The van der Waals surface area contributed by atoms with Crippen molar-refractivity contribution in [3.8, 4) is 0 Å². The zero-order valence-electron chi connectivity index (χ0n) is 10.1. The number of benzene rings is 1. The highest BCUT2D eigenvalue weighted by Gasteiger charge is 2.23. The van der Waals surface area contributed by atoms with Crippen LogP contribution in [0, 0.1) is 0 Å². The minimum Gasteiger partial charge on any atom is -1.00 e. The van der Waals surface area contributed by atoms with Crippen molar-refractivity contribution in [1.82, 2.24) is 0 Å². The lowest BCUT2D eigenvalue weighted by Gasteiger charge is -2.25. The van der Waals surface area contributed by atoms with E-state index in [4.69, 9.17) is 23.2 Å². The summed E-state index contributed by atoms with van der Waals surface area (Å²) in [6, 6.07) is 6.81. The maximum Gasteiger partial charge on any atom is 0.186 e. The molecule has 0 saturated carbocycles. The number of alkyl halides is 1. The summed E-state index contributed by atoms with van der Waals surface area (Å²) < 4.78 is 0.660. The molecule has 0 saturated heterocycles. The Morgan fingerprint density at radius 2 is 1.71 bits per heavy atom. The summed E-state index contributed by atoms with van der Waals surface area (Å²) in [5, 5.41) is 0.121. The number of hydrogen-bond donors (Lipinski definition) is 0. The smallest absolute Gasteiger partial charge is 0.186 e. The number of hydrogen-bond acceptors (Lipinski definition) is 1. The number of Topliss-reactive ketones (excluding diaryl/α,β-unsaturated/α-hetero) is 1. The first-order chi connectivity index (χ1) is 7.29. The second-order valence-electron chi connectivity index (χ2n) is 4.81. The van der Waals surface area contributed by atoms with Gasteiger partial charge in [0.05, 0.1) is 21.1 Å². The van der Waals surface area contributed by atoms with Crippen LogP contribution in [0.3, 0.4) is 0 Å². The lowest BCUT2D eigenvalue weighted by atomic mass is 10.1. The number of ketones is 1. The van der Waals surface area contributed by atoms with Gasteiger partial charge in [-0.2, -0.15) is 0 Å². The standard InChI is InChI=1S/C12H16Cl2NO.HI/c1-15(2,3)8-11(14)12(16)9-4-6-10(13)7-5-9;/h4-7,11H,8H2,1-3H3;1H/q+1;/p-1. The van der Waals surface area contributed by atoms with Gasteiger partial charge in [-0.05, 0) is 24.3 Å². The fourth-order valence-corrected chi connectivity index (χ4v) is 2.02. The monoisotopic (exact) mass is 387 g/mol. The number of rotatable bonds is 4. The Morgan fingerprint density at radius 1 is 1.24 bits per heavy atom. The number of carbonyl (C=O) groups is 1. The number of carbonyl (C=O) groups excluding carboxylic acids is 1. The first-order valence-electron chi connectivity index (χ1n) is 5.04. The molecule has 0 aliphatic rings. The van der Waals surface area contributed by atoms with Crippen LogP contribution in [0.5, 0.6) is 0 Å². The summed E-state index contributed by atoms with van der Waals surface area (Å²) in [6.07, 6.45) is 0. The molecule has 0 aliphatic heterocycles. The van der Waals surface area contributed by atoms with Crippen LogP contribution >= 0.6 is 23.2 Å². The van der Waals surface area contributed by atoms with Crippen LogP contribution in [0.2, 0.25) is 5.02 Å². The molecule has 1 unspecified atom stereocenters. The second kappa shape index (κ2) is 6.92. The minimum atomic E-state index is -0.499. The maximum absolute atomic E-state index is 11.9. The fraction of sp³-hybridized carbons (Fsp3) is 0.417. The van der Waals surface area contributed by atoms with Crippen molar-refractivity contribution in [3.05, 3.63) is 34.9 Å².